The molecule has 0 unspecified atom stereocenters. The number of likely N-dealkylation sites (tertiary alicyclic amines) is 1. The number of hydrogen-bond acceptors (Lipinski definition) is 4. The minimum absolute atomic E-state index is 0.527. The van der Waals surface area contributed by atoms with Gasteiger partial charge in [-0.3, -0.25) is 0 Å². The van der Waals surface area contributed by atoms with Crippen LogP contribution in [0.2, 0.25) is 0 Å². The Balaban J connectivity index is 1.81. The Kier molecular flexibility index (Phi) is 3.75. The lowest BCUT2D eigenvalue weighted by Gasteiger charge is -2.25. The fourth-order valence-electron chi connectivity index (χ4n) is 2.10. The summed E-state index contributed by atoms with van der Waals surface area (Å²) in [6, 6.07) is 0. The average molecular weight is 209 g/mol. The molecule has 15 heavy (non-hydrogen) atoms. The summed E-state index contributed by atoms with van der Waals surface area (Å²) >= 11 is 0. The van der Waals surface area contributed by atoms with E-state index in [1.54, 1.807) is 6.20 Å². The quantitative estimate of drug-likeness (QED) is 0.808. The monoisotopic (exact) mass is 209 g/mol. The van der Waals surface area contributed by atoms with Crippen molar-refractivity contribution in [3.05, 3.63) is 17.5 Å². The zero-order valence-electron chi connectivity index (χ0n) is 9.11. The van der Waals surface area contributed by atoms with Gasteiger partial charge < -0.3 is 15.2 Å². The zero-order chi connectivity index (χ0) is 10.5. The first-order valence-electron chi connectivity index (χ1n) is 5.75. The van der Waals surface area contributed by atoms with Gasteiger partial charge in [0.25, 0.3) is 0 Å². The highest BCUT2D eigenvalue weighted by Gasteiger charge is 2.12. The van der Waals surface area contributed by atoms with E-state index >= 15 is 0 Å². The minimum atomic E-state index is 0.527. The van der Waals surface area contributed by atoms with Crippen molar-refractivity contribution >= 4 is 0 Å². The zero-order valence-corrected chi connectivity index (χ0v) is 9.11. The number of nitrogens with two attached hydrogens (primary N) is 1. The maximum Gasteiger partial charge on any atom is 0.142 e. The molecule has 1 aliphatic heterocycles. The Morgan fingerprint density at radius 3 is 2.87 bits per heavy atom. The maximum atomic E-state index is 5.59. The molecule has 0 saturated carbocycles. The van der Waals surface area contributed by atoms with E-state index in [0.29, 0.717) is 6.54 Å². The van der Waals surface area contributed by atoms with Gasteiger partial charge in [-0.2, -0.15) is 0 Å². The van der Waals surface area contributed by atoms with E-state index in [1.807, 2.05) is 0 Å². The van der Waals surface area contributed by atoms with Crippen LogP contribution in [0.25, 0.3) is 0 Å². The highest BCUT2D eigenvalue weighted by Crippen LogP contribution is 2.12. The second-order valence-corrected chi connectivity index (χ2v) is 4.13. The van der Waals surface area contributed by atoms with Crippen molar-refractivity contribution in [2.24, 2.45) is 5.73 Å². The molecule has 1 fully saturated rings. The van der Waals surface area contributed by atoms with Crippen LogP contribution < -0.4 is 5.73 Å². The van der Waals surface area contributed by atoms with Gasteiger partial charge in [0.2, 0.25) is 0 Å². The Bertz CT molecular complexity index is 292. The molecule has 2 heterocycles. The van der Waals surface area contributed by atoms with Crippen molar-refractivity contribution in [3.63, 3.8) is 0 Å². The lowest BCUT2D eigenvalue weighted by atomic mass is 10.1. The number of aromatic nitrogens is 1. The van der Waals surface area contributed by atoms with Gasteiger partial charge >= 0.3 is 0 Å². The standard InChI is InChI=1S/C11H19N3O/c12-8-10-9-13-15-11(10)4-7-14-5-2-1-3-6-14/h9H,1-8,12H2. The third-order valence-corrected chi connectivity index (χ3v) is 3.05. The molecule has 4 nitrogen and oxygen atoms in total. The molecule has 0 spiro atoms. The van der Waals surface area contributed by atoms with Gasteiger partial charge in [0.05, 0.1) is 6.20 Å². The van der Waals surface area contributed by atoms with Crippen molar-refractivity contribution in [1.82, 2.24) is 10.1 Å². The Hall–Kier alpha value is -0.870. The maximum absolute atomic E-state index is 5.59. The van der Waals surface area contributed by atoms with Gasteiger partial charge in [-0.1, -0.05) is 11.6 Å². The molecule has 0 bridgehead atoms. The number of nitrogens with zero attached hydrogens (tertiary/aromatic N) is 2. The van der Waals surface area contributed by atoms with Crippen LogP contribution in [-0.4, -0.2) is 29.7 Å². The summed E-state index contributed by atoms with van der Waals surface area (Å²) in [4.78, 5) is 2.49. The lowest BCUT2D eigenvalue weighted by Crippen LogP contribution is -2.31. The second-order valence-electron chi connectivity index (χ2n) is 4.13. The summed E-state index contributed by atoms with van der Waals surface area (Å²) in [5.41, 5.74) is 6.64. The molecule has 1 aromatic heterocycles. The SMILES string of the molecule is NCc1cnoc1CCN1CCCCC1. The summed E-state index contributed by atoms with van der Waals surface area (Å²) < 4.78 is 5.19. The molecule has 4 heteroatoms. The summed E-state index contributed by atoms with van der Waals surface area (Å²) in [6.07, 6.45) is 6.71. The van der Waals surface area contributed by atoms with E-state index in [9.17, 15) is 0 Å². The van der Waals surface area contributed by atoms with E-state index in [4.69, 9.17) is 10.3 Å². The summed E-state index contributed by atoms with van der Waals surface area (Å²) in [6.45, 7) is 4.05. The minimum Gasteiger partial charge on any atom is -0.361 e. The summed E-state index contributed by atoms with van der Waals surface area (Å²) in [5, 5.41) is 3.78. The molecule has 1 saturated heterocycles. The van der Waals surface area contributed by atoms with Crippen LogP contribution in [-0.2, 0) is 13.0 Å². The predicted molar refractivity (Wildman–Crippen MR) is 58.4 cm³/mol. The van der Waals surface area contributed by atoms with Gasteiger partial charge in [-0.05, 0) is 25.9 Å². The molecule has 0 aromatic carbocycles. The van der Waals surface area contributed by atoms with Crippen LogP contribution in [0.1, 0.15) is 30.6 Å². The number of rotatable bonds is 4. The second kappa shape index (κ2) is 5.28. The lowest BCUT2D eigenvalue weighted by molar-refractivity contribution is 0.224. The van der Waals surface area contributed by atoms with E-state index in [0.717, 1.165) is 24.3 Å². The van der Waals surface area contributed by atoms with E-state index in [-0.39, 0.29) is 0 Å². The first-order valence-corrected chi connectivity index (χ1v) is 5.75. The van der Waals surface area contributed by atoms with Crippen molar-refractivity contribution < 1.29 is 4.52 Å². The van der Waals surface area contributed by atoms with E-state index in [1.165, 1.54) is 32.4 Å². The van der Waals surface area contributed by atoms with Gasteiger partial charge in [-0.25, -0.2) is 0 Å². The van der Waals surface area contributed by atoms with Gasteiger partial charge in [0.1, 0.15) is 5.76 Å². The van der Waals surface area contributed by atoms with Crippen molar-refractivity contribution in [2.45, 2.75) is 32.2 Å². The smallest absolute Gasteiger partial charge is 0.142 e. The van der Waals surface area contributed by atoms with Crippen LogP contribution >= 0.6 is 0 Å². The fraction of sp³-hybridized carbons (Fsp3) is 0.727. The molecule has 1 aliphatic rings. The van der Waals surface area contributed by atoms with Crippen molar-refractivity contribution in [1.29, 1.82) is 0 Å². The van der Waals surface area contributed by atoms with Gasteiger partial charge in [0, 0.05) is 25.1 Å². The molecule has 0 atom stereocenters. The molecule has 2 N–H and O–H groups in total. The van der Waals surface area contributed by atoms with Crippen LogP contribution in [0.3, 0.4) is 0 Å². The average Bonchev–Trinajstić information content (AvgIpc) is 2.75. The Morgan fingerprint density at radius 2 is 2.13 bits per heavy atom. The Morgan fingerprint density at radius 1 is 1.33 bits per heavy atom. The van der Waals surface area contributed by atoms with Gasteiger partial charge in [0.15, 0.2) is 0 Å². The topological polar surface area (TPSA) is 55.3 Å². The fourth-order valence-corrected chi connectivity index (χ4v) is 2.10. The molecule has 0 aliphatic carbocycles. The van der Waals surface area contributed by atoms with E-state index in [2.05, 4.69) is 10.1 Å². The van der Waals surface area contributed by atoms with Crippen LogP contribution in [0.5, 0.6) is 0 Å². The largest absolute Gasteiger partial charge is 0.361 e. The summed E-state index contributed by atoms with van der Waals surface area (Å²) in [5.74, 6) is 0.961. The van der Waals surface area contributed by atoms with Crippen LogP contribution in [0.15, 0.2) is 10.7 Å². The first-order chi connectivity index (χ1) is 7.40. The normalized spacial score (nSPS) is 18.2. The molecule has 0 radical (unpaired) electrons. The molecule has 84 valence electrons. The van der Waals surface area contributed by atoms with Crippen LogP contribution in [0.4, 0.5) is 0 Å². The molecule has 2 rings (SSSR count). The first kappa shape index (κ1) is 10.6. The highest BCUT2D eigenvalue weighted by atomic mass is 16.5. The van der Waals surface area contributed by atoms with Crippen molar-refractivity contribution in [3.8, 4) is 0 Å². The molecular weight excluding hydrogens is 190 g/mol. The third-order valence-electron chi connectivity index (χ3n) is 3.05. The summed E-state index contributed by atoms with van der Waals surface area (Å²) in [7, 11) is 0. The molecule has 1 aromatic rings. The third kappa shape index (κ3) is 2.79. The van der Waals surface area contributed by atoms with Crippen molar-refractivity contribution in [2.75, 3.05) is 19.6 Å². The van der Waals surface area contributed by atoms with E-state index < -0.39 is 0 Å². The number of hydrogen-bond donors (Lipinski definition) is 1. The Labute approximate surface area is 90.4 Å². The van der Waals surface area contributed by atoms with Crippen LogP contribution in [0, 0.1) is 0 Å². The highest BCUT2D eigenvalue weighted by molar-refractivity contribution is 5.13. The predicted octanol–water partition coefficient (Wildman–Crippen LogP) is 1.16. The number of piperidine rings is 1. The molecule has 0 amide bonds. The molecular formula is C11H19N3O. The van der Waals surface area contributed by atoms with Gasteiger partial charge in [-0.15, -0.1) is 0 Å².